The summed E-state index contributed by atoms with van der Waals surface area (Å²) in [5.41, 5.74) is 1.35. The second kappa shape index (κ2) is 8.70. The Morgan fingerprint density at radius 1 is 1.22 bits per heavy atom. The van der Waals surface area contributed by atoms with E-state index in [2.05, 4.69) is 48.7 Å². The van der Waals surface area contributed by atoms with Crippen LogP contribution in [0.1, 0.15) is 25.8 Å². The molecule has 1 aromatic carbocycles. The predicted molar refractivity (Wildman–Crippen MR) is 75.5 cm³/mol. The van der Waals surface area contributed by atoms with Gasteiger partial charge in [-0.3, -0.25) is 4.79 Å². The number of benzene rings is 1. The topological polar surface area (TPSA) is 41.1 Å². The summed E-state index contributed by atoms with van der Waals surface area (Å²) in [6.45, 7) is 6.23. The molecule has 1 aromatic rings. The van der Waals surface area contributed by atoms with Crippen molar-refractivity contribution in [3.8, 4) is 0 Å². The first-order valence-corrected chi connectivity index (χ1v) is 6.70. The summed E-state index contributed by atoms with van der Waals surface area (Å²) in [6.07, 6.45) is 2.11. The summed E-state index contributed by atoms with van der Waals surface area (Å²) in [7, 11) is 0. The maximum absolute atomic E-state index is 11.4. The quantitative estimate of drug-likeness (QED) is 0.691. The summed E-state index contributed by atoms with van der Waals surface area (Å²) < 4.78 is 0. The van der Waals surface area contributed by atoms with Gasteiger partial charge in [-0.25, -0.2) is 0 Å². The third kappa shape index (κ3) is 7.07. The van der Waals surface area contributed by atoms with Crippen LogP contribution in [0.3, 0.4) is 0 Å². The molecule has 1 amide bonds. The Morgan fingerprint density at radius 2 is 1.94 bits per heavy atom. The standard InChI is InChI=1S/C15H24N2O/c1-13(2)11-17-15(18)12-16-10-6-9-14-7-4-3-5-8-14/h3-5,7-8,13,16H,6,9-12H2,1-2H3,(H,17,18). The van der Waals surface area contributed by atoms with Crippen LogP contribution in [0.15, 0.2) is 30.3 Å². The molecule has 0 aromatic heterocycles. The molecule has 0 atom stereocenters. The highest BCUT2D eigenvalue weighted by Crippen LogP contribution is 2.01. The van der Waals surface area contributed by atoms with Gasteiger partial charge in [0.25, 0.3) is 0 Å². The maximum atomic E-state index is 11.4. The fourth-order valence-corrected chi connectivity index (χ4v) is 1.64. The SMILES string of the molecule is CC(C)CNC(=O)CNCCCc1ccccc1. The highest BCUT2D eigenvalue weighted by atomic mass is 16.1. The average molecular weight is 248 g/mol. The number of aryl methyl sites for hydroxylation is 1. The second-order valence-electron chi connectivity index (χ2n) is 4.96. The van der Waals surface area contributed by atoms with Gasteiger partial charge in [0.05, 0.1) is 6.54 Å². The minimum atomic E-state index is 0.0865. The van der Waals surface area contributed by atoms with Crippen molar-refractivity contribution in [3.63, 3.8) is 0 Å². The maximum Gasteiger partial charge on any atom is 0.233 e. The largest absolute Gasteiger partial charge is 0.355 e. The molecule has 0 bridgehead atoms. The van der Waals surface area contributed by atoms with E-state index in [4.69, 9.17) is 0 Å². The lowest BCUT2D eigenvalue weighted by molar-refractivity contribution is -0.120. The molecule has 0 unspecified atom stereocenters. The zero-order valence-electron chi connectivity index (χ0n) is 11.4. The van der Waals surface area contributed by atoms with Gasteiger partial charge >= 0.3 is 0 Å². The molecule has 100 valence electrons. The fourth-order valence-electron chi connectivity index (χ4n) is 1.64. The van der Waals surface area contributed by atoms with Crippen LogP contribution in [0.4, 0.5) is 0 Å². The van der Waals surface area contributed by atoms with E-state index in [1.54, 1.807) is 0 Å². The number of carbonyl (C=O) groups excluding carboxylic acids is 1. The molecule has 0 saturated heterocycles. The van der Waals surface area contributed by atoms with Gasteiger partial charge in [0.1, 0.15) is 0 Å². The van der Waals surface area contributed by atoms with Gasteiger partial charge in [0, 0.05) is 6.54 Å². The monoisotopic (exact) mass is 248 g/mol. The molecule has 2 N–H and O–H groups in total. The zero-order valence-corrected chi connectivity index (χ0v) is 11.4. The number of hydrogen-bond donors (Lipinski definition) is 2. The van der Waals surface area contributed by atoms with E-state index >= 15 is 0 Å². The third-order valence-corrected chi connectivity index (χ3v) is 2.65. The molecule has 0 fully saturated rings. The van der Waals surface area contributed by atoms with E-state index < -0.39 is 0 Å². The van der Waals surface area contributed by atoms with Crippen molar-refractivity contribution in [1.29, 1.82) is 0 Å². The molecule has 0 spiro atoms. The first-order chi connectivity index (χ1) is 8.68. The van der Waals surface area contributed by atoms with Gasteiger partial charge in [0.15, 0.2) is 0 Å². The lowest BCUT2D eigenvalue weighted by atomic mass is 10.1. The molecule has 0 saturated carbocycles. The summed E-state index contributed by atoms with van der Waals surface area (Å²) in [4.78, 5) is 11.4. The van der Waals surface area contributed by atoms with Crippen LogP contribution in [0, 0.1) is 5.92 Å². The molecule has 18 heavy (non-hydrogen) atoms. The molecule has 0 aliphatic rings. The van der Waals surface area contributed by atoms with Crippen LogP contribution in [-0.4, -0.2) is 25.5 Å². The van der Waals surface area contributed by atoms with Crippen LogP contribution in [-0.2, 0) is 11.2 Å². The summed E-state index contributed by atoms with van der Waals surface area (Å²) in [5, 5.41) is 6.06. The number of amides is 1. The Bertz CT molecular complexity index is 336. The van der Waals surface area contributed by atoms with Gasteiger partial charge in [-0.1, -0.05) is 44.2 Å². The molecule has 1 rings (SSSR count). The van der Waals surface area contributed by atoms with Crippen molar-refractivity contribution >= 4 is 5.91 Å². The minimum absolute atomic E-state index is 0.0865. The predicted octanol–water partition coefficient (Wildman–Crippen LogP) is 1.98. The molecule has 3 heteroatoms. The van der Waals surface area contributed by atoms with Crippen molar-refractivity contribution in [3.05, 3.63) is 35.9 Å². The number of carbonyl (C=O) groups is 1. The van der Waals surface area contributed by atoms with Crippen molar-refractivity contribution in [1.82, 2.24) is 10.6 Å². The van der Waals surface area contributed by atoms with Gasteiger partial charge in [0.2, 0.25) is 5.91 Å². The normalized spacial score (nSPS) is 10.6. The van der Waals surface area contributed by atoms with Crippen LogP contribution < -0.4 is 10.6 Å². The number of rotatable bonds is 8. The molecule has 0 radical (unpaired) electrons. The van der Waals surface area contributed by atoms with Crippen LogP contribution in [0.5, 0.6) is 0 Å². The number of hydrogen-bond acceptors (Lipinski definition) is 2. The van der Waals surface area contributed by atoms with E-state index in [-0.39, 0.29) is 5.91 Å². The second-order valence-corrected chi connectivity index (χ2v) is 4.96. The smallest absolute Gasteiger partial charge is 0.233 e. The summed E-state index contributed by atoms with van der Waals surface area (Å²) in [5.74, 6) is 0.593. The Morgan fingerprint density at radius 3 is 2.61 bits per heavy atom. The lowest BCUT2D eigenvalue weighted by Gasteiger charge is -2.08. The minimum Gasteiger partial charge on any atom is -0.355 e. The highest BCUT2D eigenvalue weighted by molar-refractivity contribution is 5.77. The van der Waals surface area contributed by atoms with E-state index in [0.29, 0.717) is 12.5 Å². The van der Waals surface area contributed by atoms with Crippen molar-refractivity contribution < 1.29 is 4.79 Å². The van der Waals surface area contributed by atoms with Crippen LogP contribution in [0.2, 0.25) is 0 Å². The summed E-state index contributed by atoms with van der Waals surface area (Å²) in [6, 6.07) is 10.4. The van der Waals surface area contributed by atoms with Crippen molar-refractivity contribution in [2.24, 2.45) is 5.92 Å². The van der Waals surface area contributed by atoms with Gasteiger partial charge < -0.3 is 10.6 Å². The van der Waals surface area contributed by atoms with Crippen molar-refractivity contribution in [2.45, 2.75) is 26.7 Å². The number of nitrogens with one attached hydrogen (secondary N) is 2. The molecule has 0 heterocycles. The highest BCUT2D eigenvalue weighted by Gasteiger charge is 2.01. The fraction of sp³-hybridized carbons (Fsp3) is 0.533. The summed E-state index contributed by atoms with van der Waals surface area (Å²) >= 11 is 0. The van der Waals surface area contributed by atoms with Gasteiger partial charge in [-0.05, 0) is 30.9 Å². The van der Waals surface area contributed by atoms with E-state index in [0.717, 1.165) is 25.9 Å². The zero-order chi connectivity index (χ0) is 13.2. The Balaban J connectivity index is 2.00. The van der Waals surface area contributed by atoms with Gasteiger partial charge in [-0.2, -0.15) is 0 Å². The molecule has 0 aliphatic carbocycles. The first kappa shape index (κ1) is 14.7. The third-order valence-electron chi connectivity index (χ3n) is 2.65. The first-order valence-electron chi connectivity index (χ1n) is 6.70. The molecular weight excluding hydrogens is 224 g/mol. The average Bonchev–Trinajstić information content (AvgIpc) is 2.37. The Kier molecular flexibility index (Phi) is 7.11. The Hall–Kier alpha value is -1.35. The van der Waals surface area contributed by atoms with Crippen molar-refractivity contribution in [2.75, 3.05) is 19.6 Å². The van der Waals surface area contributed by atoms with E-state index in [1.165, 1.54) is 5.56 Å². The lowest BCUT2D eigenvalue weighted by Crippen LogP contribution is -2.36. The van der Waals surface area contributed by atoms with Gasteiger partial charge in [-0.15, -0.1) is 0 Å². The van der Waals surface area contributed by atoms with E-state index in [9.17, 15) is 4.79 Å². The molecule has 0 aliphatic heterocycles. The van der Waals surface area contributed by atoms with E-state index in [1.807, 2.05) is 6.07 Å². The molecule has 3 nitrogen and oxygen atoms in total. The molecular formula is C15H24N2O. The van der Waals surface area contributed by atoms with Crippen LogP contribution >= 0.6 is 0 Å². The Labute approximate surface area is 110 Å². The van der Waals surface area contributed by atoms with Crippen LogP contribution in [0.25, 0.3) is 0 Å².